The first-order valence-corrected chi connectivity index (χ1v) is 10.2. The van der Waals surface area contributed by atoms with E-state index in [2.05, 4.69) is 16.4 Å². The summed E-state index contributed by atoms with van der Waals surface area (Å²) >= 11 is 0. The number of hydrogen-bond acceptors (Lipinski definition) is 4. The second-order valence-corrected chi connectivity index (χ2v) is 7.72. The van der Waals surface area contributed by atoms with Gasteiger partial charge in [0.05, 0.1) is 16.9 Å². The number of halogens is 2. The minimum absolute atomic E-state index is 0.107. The summed E-state index contributed by atoms with van der Waals surface area (Å²) in [6.07, 6.45) is 0. The molecule has 0 fully saturated rings. The molecule has 7 heteroatoms. The van der Waals surface area contributed by atoms with Crippen molar-refractivity contribution in [1.82, 2.24) is 4.98 Å². The lowest BCUT2D eigenvalue weighted by Crippen LogP contribution is -2.26. The first-order chi connectivity index (χ1) is 15.8. The monoisotopic (exact) mass is 443 g/mol. The Morgan fingerprint density at radius 2 is 1.67 bits per heavy atom. The molecule has 0 aliphatic carbocycles. The van der Waals surface area contributed by atoms with Gasteiger partial charge in [0.15, 0.2) is 0 Å². The predicted octanol–water partition coefficient (Wildman–Crippen LogP) is 5.91. The fraction of sp³-hybridized carbons (Fsp3) is 0.115. The number of aryl methyl sites for hydroxylation is 1. The standard InChI is InChI=1S/C26H19F2N3O2/c1-14-3-8-18(27)11-20(14)16-4-6-17(7-5-16)24-22(13-29)25(30-15(2)26(32)33)21-12-19(28)9-10-23(21)31-24/h3-12,15H,1-2H3,(H,30,31)(H,32,33). The van der Waals surface area contributed by atoms with Crippen molar-refractivity contribution in [3.05, 3.63) is 83.4 Å². The molecule has 0 saturated carbocycles. The molecule has 0 bridgehead atoms. The number of nitrogens with one attached hydrogen (secondary N) is 1. The van der Waals surface area contributed by atoms with E-state index in [-0.39, 0.29) is 17.1 Å². The second kappa shape index (κ2) is 8.67. The average Bonchev–Trinajstić information content (AvgIpc) is 2.80. The van der Waals surface area contributed by atoms with Crippen molar-refractivity contribution in [2.45, 2.75) is 19.9 Å². The van der Waals surface area contributed by atoms with Crippen LogP contribution >= 0.6 is 0 Å². The molecule has 0 aliphatic rings. The van der Waals surface area contributed by atoms with Gasteiger partial charge >= 0.3 is 5.97 Å². The number of fused-ring (bicyclic) bond motifs is 1. The predicted molar refractivity (Wildman–Crippen MR) is 123 cm³/mol. The van der Waals surface area contributed by atoms with Crippen LogP contribution in [0.3, 0.4) is 0 Å². The van der Waals surface area contributed by atoms with E-state index in [1.54, 1.807) is 18.2 Å². The van der Waals surface area contributed by atoms with Crippen LogP contribution in [0.4, 0.5) is 14.5 Å². The van der Waals surface area contributed by atoms with E-state index in [4.69, 9.17) is 0 Å². The maximum absolute atomic E-state index is 14.0. The van der Waals surface area contributed by atoms with Crippen LogP contribution in [0.15, 0.2) is 60.7 Å². The highest BCUT2D eigenvalue weighted by Crippen LogP contribution is 2.35. The molecule has 5 nitrogen and oxygen atoms in total. The van der Waals surface area contributed by atoms with Crippen molar-refractivity contribution in [2.75, 3.05) is 5.32 Å². The number of carboxylic acid groups (broad SMARTS) is 1. The van der Waals surface area contributed by atoms with Gasteiger partial charge in [-0.15, -0.1) is 0 Å². The zero-order chi connectivity index (χ0) is 23.7. The summed E-state index contributed by atoms with van der Waals surface area (Å²) in [4.78, 5) is 16.0. The molecule has 0 aliphatic heterocycles. The first-order valence-electron chi connectivity index (χ1n) is 10.2. The Balaban J connectivity index is 1.89. The van der Waals surface area contributed by atoms with Gasteiger partial charge in [-0.25, -0.2) is 13.8 Å². The van der Waals surface area contributed by atoms with E-state index in [1.807, 2.05) is 19.1 Å². The number of carboxylic acids is 1. The van der Waals surface area contributed by atoms with Crippen LogP contribution < -0.4 is 5.32 Å². The molecule has 0 amide bonds. The number of pyridine rings is 1. The molecule has 0 spiro atoms. The molecule has 2 N–H and O–H groups in total. The van der Waals surface area contributed by atoms with E-state index in [0.717, 1.165) is 16.7 Å². The summed E-state index contributed by atoms with van der Waals surface area (Å²) in [6.45, 7) is 3.33. The van der Waals surface area contributed by atoms with Gasteiger partial charge in [0.1, 0.15) is 29.3 Å². The van der Waals surface area contributed by atoms with Gasteiger partial charge in [-0.2, -0.15) is 5.26 Å². The van der Waals surface area contributed by atoms with E-state index >= 15 is 0 Å². The topological polar surface area (TPSA) is 86.0 Å². The van der Waals surface area contributed by atoms with Gasteiger partial charge in [0, 0.05) is 10.9 Å². The molecule has 0 saturated heterocycles. The lowest BCUT2D eigenvalue weighted by molar-refractivity contribution is -0.137. The van der Waals surface area contributed by atoms with E-state index in [0.29, 0.717) is 22.2 Å². The van der Waals surface area contributed by atoms with Gasteiger partial charge in [0.25, 0.3) is 0 Å². The molecular weight excluding hydrogens is 424 g/mol. The van der Waals surface area contributed by atoms with E-state index in [1.165, 1.54) is 37.3 Å². The summed E-state index contributed by atoms with van der Waals surface area (Å²) in [7, 11) is 0. The van der Waals surface area contributed by atoms with Crippen LogP contribution in [0, 0.1) is 29.9 Å². The number of nitriles is 1. The van der Waals surface area contributed by atoms with Crippen LogP contribution in [0.1, 0.15) is 18.1 Å². The molecule has 3 aromatic carbocycles. The van der Waals surface area contributed by atoms with Crippen molar-refractivity contribution in [3.8, 4) is 28.5 Å². The third-order valence-electron chi connectivity index (χ3n) is 5.46. The van der Waals surface area contributed by atoms with Crippen molar-refractivity contribution < 1.29 is 18.7 Å². The molecular formula is C26H19F2N3O2. The summed E-state index contributed by atoms with van der Waals surface area (Å²) in [5, 5.41) is 22.4. The Kier molecular flexibility index (Phi) is 5.76. The van der Waals surface area contributed by atoms with E-state index < -0.39 is 17.8 Å². The average molecular weight is 443 g/mol. The third-order valence-corrected chi connectivity index (χ3v) is 5.46. The zero-order valence-electron chi connectivity index (χ0n) is 17.9. The van der Waals surface area contributed by atoms with Crippen molar-refractivity contribution in [3.63, 3.8) is 0 Å². The number of nitrogens with zero attached hydrogens (tertiary/aromatic N) is 2. The first kappa shape index (κ1) is 21.9. The number of aliphatic carboxylic acids is 1. The number of hydrogen-bond donors (Lipinski definition) is 2. The molecule has 4 aromatic rings. The van der Waals surface area contributed by atoms with Gasteiger partial charge in [0.2, 0.25) is 0 Å². The third kappa shape index (κ3) is 4.23. The van der Waals surface area contributed by atoms with Crippen molar-refractivity contribution >= 4 is 22.6 Å². The fourth-order valence-electron chi connectivity index (χ4n) is 3.69. The fourth-order valence-corrected chi connectivity index (χ4v) is 3.69. The second-order valence-electron chi connectivity index (χ2n) is 7.72. The minimum atomic E-state index is -1.11. The summed E-state index contributed by atoms with van der Waals surface area (Å²) < 4.78 is 27.7. The maximum Gasteiger partial charge on any atom is 0.325 e. The quantitative estimate of drug-likeness (QED) is 0.400. The highest BCUT2D eigenvalue weighted by Gasteiger charge is 2.21. The minimum Gasteiger partial charge on any atom is -0.480 e. The van der Waals surface area contributed by atoms with Crippen LogP contribution in [0.25, 0.3) is 33.3 Å². The Morgan fingerprint density at radius 3 is 2.33 bits per heavy atom. The Labute approximate surface area is 189 Å². The number of rotatable bonds is 5. The molecule has 4 rings (SSSR count). The molecule has 1 atom stereocenters. The lowest BCUT2D eigenvalue weighted by atomic mass is 9.96. The van der Waals surface area contributed by atoms with Gasteiger partial charge in [-0.1, -0.05) is 30.3 Å². The van der Waals surface area contributed by atoms with Gasteiger partial charge in [-0.3, -0.25) is 4.79 Å². The zero-order valence-corrected chi connectivity index (χ0v) is 17.9. The van der Waals surface area contributed by atoms with Gasteiger partial charge < -0.3 is 10.4 Å². The lowest BCUT2D eigenvalue weighted by Gasteiger charge is -2.17. The molecule has 1 heterocycles. The molecule has 164 valence electrons. The normalized spacial score (nSPS) is 11.7. The largest absolute Gasteiger partial charge is 0.480 e. The van der Waals surface area contributed by atoms with Crippen molar-refractivity contribution in [1.29, 1.82) is 5.26 Å². The number of aromatic nitrogens is 1. The van der Waals surface area contributed by atoms with Crippen LogP contribution in [0.5, 0.6) is 0 Å². The van der Waals surface area contributed by atoms with Crippen LogP contribution in [0.2, 0.25) is 0 Å². The molecule has 1 unspecified atom stereocenters. The number of anilines is 1. The van der Waals surface area contributed by atoms with Crippen molar-refractivity contribution in [2.24, 2.45) is 0 Å². The van der Waals surface area contributed by atoms with Crippen LogP contribution in [-0.2, 0) is 4.79 Å². The molecule has 1 aromatic heterocycles. The Bertz CT molecular complexity index is 1430. The summed E-state index contributed by atoms with van der Waals surface area (Å²) in [6, 6.07) is 16.8. The smallest absolute Gasteiger partial charge is 0.325 e. The SMILES string of the molecule is Cc1ccc(F)cc1-c1ccc(-c2nc3ccc(F)cc3c(NC(C)C(=O)O)c2C#N)cc1. The maximum atomic E-state index is 14.0. The molecule has 0 radical (unpaired) electrons. The Hall–Kier alpha value is -4.31. The Morgan fingerprint density at radius 1 is 1.03 bits per heavy atom. The van der Waals surface area contributed by atoms with E-state index in [9.17, 15) is 23.9 Å². The highest BCUT2D eigenvalue weighted by molar-refractivity contribution is 5.99. The number of benzene rings is 3. The molecule has 33 heavy (non-hydrogen) atoms. The van der Waals surface area contributed by atoms with Crippen LogP contribution in [-0.4, -0.2) is 22.1 Å². The highest BCUT2D eigenvalue weighted by atomic mass is 19.1. The van der Waals surface area contributed by atoms with Gasteiger partial charge in [-0.05, 0) is 60.9 Å². The number of carbonyl (C=O) groups is 1. The summed E-state index contributed by atoms with van der Waals surface area (Å²) in [5.74, 6) is -1.98. The summed E-state index contributed by atoms with van der Waals surface area (Å²) in [5.41, 5.74) is 4.14.